The number of benzene rings is 3. The number of carbonyl (C=O) groups is 4. The topological polar surface area (TPSA) is 182 Å². The van der Waals surface area contributed by atoms with Gasteiger partial charge in [0.25, 0.3) is 0 Å². The molecular weight excluding hydrogens is 877 g/mol. The van der Waals surface area contributed by atoms with E-state index in [-0.39, 0.29) is 26.4 Å². The van der Waals surface area contributed by atoms with Crippen LogP contribution in [0.4, 0.5) is 4.79 Å². The molecule has 0 saturated carbocycles. The Morgan fingerprint density at radius 3 is 1.61 bits per heavy atom. The van der Waals surface area contributed by atoms with Crippen molar-refractivity contribution in [3.8, 4) is 0 Å². The molecular formula is C43H50Cl3NO15. The normalized spacial score (nSPS) is 26.2. The zero-order chi connectivity index (χ0) is 44.6. The first-order valence-corrected chi connectivity index (χ1v) is 20.7. The van der Waals surface area contributed by atoms with Gasteiger partial charge in [-0.25, -0.2) is 4.79 Å². The van der Waals surface area contributed by atoms with Crippen LogP contribution in [-0.4, -0.2) is 116 Å². The maximum Gasteiger partial charge on any atom is 0.407 e. The van der Waals surface area contributed by atoms with Gasteiger partial charge in [0, 0.05) is 27.9 Å². The van der Waals surface area contributed by atoms with Crippen LogP contribution in [-0.2, 0) is 86.3 Å². The molecule has 2 aliphatic rings. The Kier molecular flexibility index (Phi) is 19.0. The lowest BCUT2D eigenvalue weighted by molar-refractivity contribution is -0.361. The number of esters is 3. The third-order valence-corrected chi connectivity index (χ3v) is 9.76. The van der Waals surface area contributed by atoms with Crippen molar-refractivity contribution in [3.05, 3.63) is 108 Å². The molecule has 338 valence electrons. The van der Waals surface area contributed by atoms with Gasteiger partial charge in [0.15, 0.2) is 24.8 Å². The zero-order valence-electron chi connectivity index (χ0n) is 34.4. The highest BCUT2D eigenvalue weighted by Gasteiger charge is 2.56. The molecule has 0 radical (unpaired) electrons. The van der Waals surface area contributed by atoms with Crippen LogP contribution in [0.3, 0.4) is 0 Å². The van der Waals surface area contributed by atoms with E-state index in [1.54, 1.807) is 0 Å². The van der Waals surface area contributed by atoms with E-state index in [9.17, 15) is 19.2 Å². The molecule has 16 nitrogen and oxygen atoms in total. The standard InChI is InChI=1S/C43H50Cl3NO15/c1-26(48)54-24-33-36(58-27(2)49)37(59-28(3)50)34(47-42(51)57-25-43(44,45)46)40(60-33)62-39-38(56-22-31-18-12-7-13-19-31)35(55-21-30-16-10-6-11-17-30)32(61-41(39)52-4)23-53-20-29-14-8-5-9-15-29/h5-19,32-41H,20-25H2,1-4H3,(H,47,51)/t32-,33-,34-,35-,36-,37-,38+,39-,40+,41+/m1/s1. The van der Waals surface area contributed by atoms with Gasteiger partial charge < -0.3 is 57.4 Å². The van der Waals surface area contributed by atoms with E-state index in [1.807, 2.05) is 91.0 Å². The van der Waals surface area contributed by atoms with Gasteiger partial charge in [-0.3, -0.25) is 14.4 Å². The summed E-state index contributed by atoms with van der Waals surface area (Å²) < 4.78 is 65.0. The van der Waals surface area contributed by atoms with Gasteiger partial charge in [-0.05, 0) is 16.7 Å². The summed E-state index contributed by atoms with van der Waals surface area (Å²) in [5.41, 5.74) is 2.60. The number of hydrogen-bond donors (Lipinski definition) is 1. The summed E-state index contributed by atoms with van der Waals surface area (Å²) in [6.45, 7) is 2.70. The Labute approximate surface area is 374 Å². The fourth-order valence-corrected chi connectivity index (χ4v) is 6.95. The molecule has 5 rings (SSSR count). The highest BCUT2D eigenvalue weighted by Crippen LogP contribution is 2.35. The second kappa shape index (κ2) is 24.1. The molecule has 3 aromatic rings. The first-order chi connectivity index (χ1) is 29.7. The lowest BCUT2D eigenvalue weighted by atomic mass is 9.95. The quantitative estimate of drug-likeness (QED) is 0.0872. The minimum Gasteiger partial charge on any atom is -0.463 e. The van der Waals surface area contributed by atoms with Crippen LogP contribution >= 0.6 is 34.8 Å². The number of carbonyl (C=O) groups excluding carboxylic acids is 4. The summed E-state index contributed by atoms with van der Waals surface area (Å²) >= 11 is 17.6. The van der Waals surface area contributed by atoms with Gasteiger partial charge in [0.05, 0.1) is 26.4 Å². The molecule has 2 heterocycles. The third kappa shape index (κ3) is 15.3. The minimum absolute atomic E-state index is 0.0360. The molecule has 0 spiro atoms. The van der Waals surface area contributed by atoms with Crippen molar-refractivity contribution in [2.75, 3.05) is 26.9 Å². The van der Waals surface area contributed by atoms with Gasteiger partial charge >= 0.3 is 24.0 Å². The number of methoxy groups -OCH3 is 1. The number of alkyl carbamates (subject to hydrolysis) is 1. The fraction of sp³-hybridized carbons (Fsp3) is 0.488. The largest absolute Gasteiger partial charge is 0.463 e. The number of amides is 1. The van der Waals surface area contributed by atoms with E-state index in [2.05, 4.69) is 5.32 Å². The molecule has 1 N–H and O–H groups in total. The van der Waals surface area contributed by atoms with Gasteiger partial charge in [-0.15, -0.1) is 0 Å². The summed E-state index contributed by atoms with van der Waals surface area (Å²) in [5.74, 6) is -2.34. The first kappa shape index (κ1) is 49.0. The van der Waals surface area contributed by atoms with Gasteiger partial charge in [0.1, 0.15) is 49.8 Å². The van der Waals surface area contributed by atoms with Crippen molar-refractivity contribution in [2.45, 2.75) is 106 Å². The van der Waals surface area contributed by atoms with E-state index < -0.39 is 102 Å². The molecule has 2 saturated heterocycles. The molecule has 3 aromatic carbocycles. The summed E-state index contributed by atoms with van der Waals surface area (Å²) in [7, 11) is 1.40. The summed E-state index contributed by atoms with van der Waals surface area (Å²) in [5, 5.41) is 2.55. The Balaban J connectivity index is 1.56. The zero-order valence-corrected chi connectivity index (χ0v) is 36.7. The maximum absolute atomic E-state index is 13.4. The van der Waals surface area contributed by atoms with Gasteiger partial charge in [0.2, 0.25) is 3.79 Å². The molecule has 1 amide bonds. The molecule has 0 bridgehead atoms. The Hall–Kier alpha value is -4.07. The Morgan fingerprint density at radius 1 is 0.597 bits per heavy atom. The van der Waals surface area contributed by atoms with Crippen LogP contribution < -0.4 is 5.32 Å². The van der Waals surface area contributed by atoms with Crippen molar-refractivity contribution >= 4 is 58.8 Å². The summed E-state index contributed by atoms with van der Waals surface area (Å²) in [6.07, 6.45) is -12.3. The molecule has 2 fully saturated rings. The van der Waals surface area contributed by atoms with E-state index in [0.717, 1.165) is 30.5 Å². The minimum atomic E-state index is -1.99. The molecule has 62 heavy (non-hydrogen) atoms. The van der Waals surface area contributed by atoms with Crippen molar-refractivity contribution in [2.24, 2.45) is 0 Å². The fourth-order valence-electron chi connectivity index (χ4n) is 6.79. The first-order valence-electron chi connectivity index (χ1n) is 19.6. The molecule has 2 aliphatic heterocycles. The number of halogens is 3. The molecule has 0 unspecified atom stereocenters. The van der Waals surface area contributed by atoms with Crippen LogP contribution in [0, 0.1) is 0 Å². The predicted molar refractivity (Wildman–Crippen MR) is 222 cm³/mol. The van der Waals surface area contributed by atoms with E-state index >= 15 is 0 Å². The summed E-state index contributed by atoms with van der Waals surface area (Å²) in [4.78, 5) is 50.6. The van der Waals surface area contributed by atoms with Crippen molar-refractivity contribution in [1.29, 1.82) is 0 Å². The number of ether oxygens (including phenoxy) is 11. The molecule has 19 heteroatoms. The average Bonchev–Trinajstić information content (AvgIpc) is 3.24. The lowest BCUT2D eigenvalue weighted by Gasteiger charge is -2.49. The smallest absolute Gasteiger partial charge is 0.407 e. The van der Waals surface area contributed by atoms with Crippen LogP contribution in [0.15, 0.2) is 91.0 Å². The number of alkyl halides is 3. The number of rotatable bonds is 19. The van der Waals surface area contributed by atoms with Crippen LogP contribution in [0.25, 0.3) is 0 Å². The van der Waals surface area contributed by atoms with Crippen LogP contribution in [0.1, 0.15) is 37.5 Å². The van der Waals surface area contributed by atoms with E-state index in [1.165, 1.54) is 14.0 Å². The van der Waals surface area contributed by atoms with Crippen molar-refractivity contribution in [3.63, 3.8) is 0 Å². The number of hydrogen-bond acceptors (Lipinski definition) is 15. The highest BCUT2D eigenvalue weighted by atomic mass is 35.6. The average molecular weight is 927 g/mol. The van der Waals surface area contributed by atoms with Crippen LogP contribution in [0.2, 0.25) is 0 Å². The SMILES string of the molecule is CO[C@H]1O[C@H](COCc2ccccc2)[C@@H](OCc2ccccc2)[C@H](OCc2ccccc2)[C@H]1O[C@@H]1O[C@H](COC(C)=O)[C@@H](OC(C)=O)[C@H](OC(C)=O)[C@H]1NC(=O)OCC(Cl)(Cl)Cl. The van der Waals surface area contributed by atoms with Crippen molar-refractivity contribution in [1.82, 2.24) is 5.32 Å². The van der Waals surface area contributed by atoms with Crippen LogP contribution in [0.5, 0.6) is 0 Å². The monoisotopic (exact) mass is 925 g/mol. The van der Waals surface area contributed by atoms with E-state index in [4.69, 9.17) is 86.9 Å². The predicted octanol–water partition coefficient (Wildman–Crippen LogP) is 5.75. The molecule has 0 aromatic heterocycles. The maximum atomic E-state index is 13.4. The lowest BCUT2D eigenvalue weighted by Crippen LogP contribution is -2.69. The molecule has 0 aliphatic carbocycles. The number of nitrogens with one attached hydrogen (secondary N) is 1. The summed E-state index contributed by atoms with van der Waals surface area (Å²) in [6, 6.07) is 26.9. The van der Waals surface area contributed by atoms with Gasteiger partial charge in [-0.2, -0.15) is 0 Å². The van der Waals surface area contributed by atoms with E-state index in [0.29, 0.717) is 0 Å². The van der Waals surface area contributed by atoms with Crippen molar-refractivity contribution < 1.29 is 71.3 Å². The second-order valence-corrected chi connectivity index (χ2v) is 16.8. The third-order valence-electron chi connectivity index (χ3n) is 9.43. The second-order valence-electron chi connectivity index (χ2n) is 14.3. The Morgan fingerprint density at radius 2 is 1.10 bits per heavy atom. The van der Waals surface area contributed by atoms with Gasteiger partial charge in [-0.1, -0.05) is 126 Å². The Bertz CT molecular complexity index is 1860. The highest BCUT2D eigenvalue weighted by molar-refractivity contribution is 6.67. The molecule has 10 atom stereocenters.